The van der Waals surface area contributed by atoms with Gasteiger partial charge < -0.3 is 5.73 Å². The smallest absolute Gasteiger partial charge is 0.00746 e. The quantitative estimate of drug-likeness (QED) is 0.356. The molecule has 1 fully saturated rings. The SMILES string of the molecule is CCCCCCC[C@H]1CCCC(CCCCC)CCC(CCN)CC1. The van der Waals surface area contributed by atoms with Crippen molar-refractivity contribution in [1.82, 2.24) is 0 Å². The van der Waals surface area contributed by atoms with Crippen LogP contribution in [0.2, 0.25) is 0 Å². The topological polar surface area (TPSA) is 26.0 Å². The lowest BCUT2D eigenvalue weighted by molar-refractivity contribution is 0.264. The van der Waals surface area contributed by atoms with Crippen LogP contribution in [-0.2, 0) is 0 Å². The zero-order chi connectivity index (χ0) is 18.2. The van der Waals surface area contributed by atoms with Crippen molar-refractivity contribution in [3.63, 3.8) is 0 Å². The monoisotopic (exact) mass is 351 g/mol. The zero-order valence-corrected chi connectivity index (χ0v) is 17.7. The van der Waals surface area contributed by atoms with E-state index < -0.39 is 0 Å². The molecular weight excluding hydrogens is 302 g/mol. The van der Waals surface area contributed by atoms with Crippen LogP contribution in [0, 0.1) is 17.8 Å². The van der Waals surface area contributed by atoms with Crippen molar-refractivity contribution in [2.24, 2.45) is 23.5 Å². The van der Waals surface area contributed by atoms with Crippen LogP contribution >= 0.6 is 0 Å². The summed E-state index contributed by atoms with van der Waals surface area (Å²) in [7, 11) is 0. The van der Waals surface area contributed by atoms with E-state index in [0.29, 0.717) is 0 Å². The third kappa shape index (κ3) is 12.1. The summed E-state index contributed by atoms with van der Waals surface area (Å²) < 4.78 is 0. The van der Waals surface area contributed by atoms with Crippen LogP contribution in [0.25, 0.3) is 0 Å². The van der Waals surface area contributed by atoms with E-state index in [9.17, 15) is 0 Å². The molecule has 0 aromatic heterocycles. The van der Waals surface area contributed by atoms with Gasteiger partial charge in [-0.15, -0.1) is 0 Å². The molecule has 2 unspecified atom stereocenters. The Kier molecular flexibility index (Phi) is 14.9. The maximum absolute atomic E-state index is 5.91. The number of rotatable bonds is 12. The van der Waals surface area contributed by atoms with Crippen LogP contribution in [0.1, 0.15) is 129 Å². The molecule has 25 heavy (non-hydrogen) atoms. The van der Waals surface area contributed by atoms with E-state index in [0.717, 1.165) is 24.3 Å². The Bertz CT molecular complexity index is 275. The standard InChI is InChI=1S/C24H49N/c1-3-5-7-8-10-13-23-15-11-14-22(12-9-6-4-2)16-18-24(19-17-23)20-21-25/h22-24H,3-21,25H2,1-2H3/t22?,23-,24?/m0/s1. The van der Waals surface area contributed by atoms with Gasteiger partial charge in [0.2, 0.25) is 0 Å². The molecule has 0 radical (unpaired) electrons. The molecule has 0 heterocycles. The minimum atomic E-state index is 0.896. The summed E-state index contributed by atoms with van der Waals surface area (Å²) in [6, 6.07) is 0. The van der Waals surface area contributed by atoms with Crippen LogP contribution < -0.4 is 5.73 Å². The summed E-state index contributed by atoms with van der Waals surface area (Å²) in [5, 5.41) is 0. The maximum atomic E-state index is 5.91. The first-order valence-corrected chi connectivity index (χ1v) is 12.0. The van der Waals surface area contributed by atoms with Crippen molar-refractivity contribution in [3.05, 3.63) is 0 Å². The van der Waals surface area contributed by atoms with E-state index in [1.165, 1.54) is 116 Å². The molecule has 0 aromatic rings. The fourth-order valence-corrected chi connectivity index (χ4v) is 4.89. The second kappa shape index (κ2) is 16.2. The Morgan fingerprint density at radius 1 is 0.560 bits per heavy atom. The van der Waals surface area contributed by atoms with Gasteiger partial charge in [0.15, 0.2) is 0 Å². The van der Waals surface area contributed by atoms with E-state index in [1.807, 2.05) is 0 Å². The van der Waals surface area contributed by atoms with Crippen LogP contribution in [0.4, 0.5) is 0 Å². The minimum Gasteiger partial charge on any atom is -0.330 e. The maximum Gasteiger partial charge on any atom is -0.00746 e. The highest BCUT2D eigenvalue weighted by molar-refractivity contribution is 4.72. The summed E-state index contributed by atoms with van der Waals surface area (Å²) in [6.07, 6.45) is 26.1. The lowest BCUT2D eigenvalue weighted by Gasteiger charge is -2.27. The van der Waals surface area contributed by atoms with Crippen LogP contribution in [0.15, 0.2) is 0 Å². The fourth-order valence-electron chi connectivity index (χ4n) is 4.89. The van der Waals surface area contributed by atoms with Crippen molar-refractivity contribution in [2.75, 3.05) is 6.54 Å². The summed E-state index contributed by atoms with van der Waals surface area (Å²) in [5.41, 5.74) is 5.91. The second-order valence-corrected chi connectivity index (χ2v) is 8.96. The third-order valence-corrected chi connectivity index (χ3v) is 6.70. The number of hydrogen-bond acceptors (Lipinski definition) is 1. The predicted octanol–water partition coefficient (Wildman–Crippen LogP) is 7.87. The molecule has 3 atom stereocenters. The Balaban J connectivity index is 2.41. The number of unbranched alkanes of at least 4 members (excludes halogenated alkanes) is 6. The molecule has 0 aromatic carbocycles. The van der Waals surface area contributed by atoms with Gasteiger partial charge >= 0.3 is 0 Å². The molecule has 2 N–H and O–H groups in total. The van der Waals surface area contributed by atoms with Gasteiger partial charge in [0.05, 0.1) is 0 Å². The van der Waals surface area contributed by atoms with Crippen LogP contribution in [0.3, 0.4) is 0 Å². The summed E-state index contributed by atoms with van der Waals surface area (Å²) in [5.74, 6) is 2.94. The van der Waals surface area contributed by atoms with Gasteiger partial charge in [-0.25, -0.2) is 0 Å². The average molecular weight is 352 g/mol. The molecule has 0 amide bonds. The van der Waals surface area contributed by atoms with E-state index >= 15 is 0 Å². The van der Waals surface area contributed by atoms with Crippen molar-refractivity contribution in [1.29, 1.82) is 0 Å². The highest BCUT2D eigenvalue weighted by Gasteiger charge is 2.19. The molecule has 150 valence electrons. The van der Waals surface area contributed by atoms with Gasteiger partial charge in [-0.2, -0.15) is 0 Å². The van der Waals surface area contributed by atoms with Crippen molar-refractivity contribution < 1.29 is 0 Å². The largest absolute Gasteiger partial charge is 0.330 e. The van der Waals surface area contributed by atoms with Crippen LogP contribution in [0.5, 0.6) is 0 Å². The fraction of sp³-hybridized carbons (Fsp3) is 1.00. The summed E-state index contributed by atoms with van der Waals surface area (Å²) in [6.45, 7) is 5.54. The highest BCUT2D eigenvalue weighted by atomic mass is 14.5. The minimum absolute atomic E-state index is 0.896. The highest BCUT2D eigenvalue weighted by Crippen LogP contribution is 2.33. The predicted molar refractivity (Wildman–Crippen MR) is 114 cm³/mol. The van der Waals surface area contributed by atoms with Gasteiger partial charge in [0, 0.05) is 0 Å². The first kappa shape index (κ1) is 23.0. The van der Waals surface area contributed by atoms with Crippen LogP contribution in [-0.4, -0.2) is 6.54 Å². The molecule has 0 aliphatic heterocycles. The third-order valence-electron chi connectivity index (χ3n) is 6.70. The molecule has 1 aliphatic rings. The van der Waals surface area contributed by atoms with Gasteiger partial charge in [-0.05, 0) is 30.7 Å². The second-order valence-electron chi connectivity index (χ2n) is 8.96. The molecule has 1 heteroatoms. The molecule has 1 saturated carbocycles. The Morgan fingerprint density at radius 3 is 1.52 bits per heavy atom. The van der Waals surface area contributed by atoms with E-state index in [2.05, 4.69) is 13.8 Å². The Labute approximate surface area is 159 Å². The van der Waals surface area contributed by atoms with Gasteiger partial charge in [-0.1, -0.05) is 123 Å². The van der Waals surface area contributed by atoms with Crippen molar-refractivity contribution in [3.8, 4) is 0 Å². The molecule has 0 spiro atoms. The Hall–Kier alpha value is -0.0400. The molecule has 0 saturated heterocycles. The summed E-state index contributed by atoms with van der Waals surface area (Å²) >= 11 is 0. The normalized spacial score (nSPS) is 25.8. The molecule has 0 bridgehead atoms. The van der Waals surface area contributed by atoms with Crippen molar-refractivity contribution >= 4 is 0 Å². The lowest BCUT2D eigenvalue weighted by Crippen LogP contribution is -2.15. The molecular formula is C24H49N. The average Bonchev–Trinajstić information content (AvgIpc) is 2.62. The van der Waals surface area contributed by atoms with Crippen molar-refractivity contribution in [2.45, 2.75) is 129 Å². The van der Waals surface area contributed by atoms with Gasteiger partial charge in [0.1, 0.15) is 0 Å². The van der Waals surface area contributed by atoms with Gasteiger partial charge in [-0.3, -0.25) is 0 Å². The lowest BCUT2D eigenvalue weighted by atomic mass is 9.80. The van der Waals surface area contributed by atoms with Gasteiger partial charge in [0.25, 0.3) is 0 Å². The van der Waals surface area contributed by atoms with E-state index in [-0.39, 0.29) is 0 Å². The first-order chi connectivity index (χ1) is 12.3. The zero-order valence-electron chi connectivity index (χ0n) is 17.7. The molecule has 1 aliphatic carbocycles. The molecule has 1 rings (SSSR count). The summed E-state index contributed by atoms with van der Waals surface area (Å²) in [4.78, 5) is 0. The first-order valence-electron chi connectivity index (χ1n) is 12.0. The number of nitrogens with two attached hydrogens (primary N) is 1. The van der Waals surface area contributed by atoms with E-state index in [4.69, 9.17) is 5.73 Å². The Morgan fingerprint density at radius 2 is 1.00 bits per heavy atom. The molecule has 1 nitrogen and oxygen atoms in total. The number of hydrogen-bond donors (Lipinski definition) is 1. The van der Waals surface area contributed by atoms with E-state index in [1.54, 1.807) is 0 Å².